The Morgan fingerprint density at radius 3 is 2.67 bits per heavy atom. The van der Waals surface area contributed by atoms with Gasteiger partial charge in [0.25, 0.3) is 0 Å². The van der Waals surface area contributed by atoms with Crippen molar-refractivity contribution in [3.05, 3.63) is 52.0 Å². The minimum atomic E-state index is 0.736. The molecule has 0 bridgehead atoms. The molecule has 3 aromatic rings. The number of aromatic nitrogens is 1. The van der Waals surface area contributed by atoms with Crippen LogP contribution in [0, 0.1) is 6.92 Å². The maximum Gasteiger partial charge on any atom is 0.124 e. The molecule has 18 heavy (non-hydrogen) atoms. The van der Waals surface area contributed by atoms with Gasteiger partial charge in [0.15, 0.2) is 0 Å². The van der Waals surface area contributed by atoms with Gasteiger partial charge >= 0.3 is 0 Å². The van der Waals surface area contributed by atoms with Crippen molar-refractivity contribution >= 4 is 44.8 Å². The molecule has 0 fully saturated rings. The van der Waals surface area contributed by atoms with Crippen molar-refractivity contribution in [1.29, 1.82) is 0 Å². The van der Waals surface area contributed by atoms with Gasteiger partial charge < -0.3 is 0 Å². The van der Waals surface area contributed by atoms with Crippen LogP contribution in [0.2, 0.25) is 10.0 Å². The van der Waals surface area contributed by atoms with Crippen LogP contribution in [0.3, 0.4) is 0 Å². The molecule has 0 saturated carbocycles. The second-order valence-electron chi connectivity index (χ2n) is 4.10. The molecule has 90 valence electrons. The quantitative estimate of drug-likeness (QED) is 0.571. The predicted octanol–water partition coefficient (Wildman–Crippen LogP) is 5.58. The van der Waals surface area contributed by atoms with E-state index in [-0.39, 0.29) is 0 Å². The fourth-order valence-corrected chi connectivity index (χ4v) is 3.17. The highest BCUT2D eigenvalue weighted by atomic mass is 35.5. The molecule has 1 nitrogen and oxygen atoms in total. The lowest BCUT2D eigenvalue weighted by Crippen LogP contribution is -1.79. The van der Waals surface area contributed by atoms with Gasteiger partial charge in [-0.3, -0.25) is 0 Å². The van der Waals surface area contributed by atoms with Gasteiger partial charge in [0.2, 0.25) is 0 Å². The first kappa shape index (κ1) is 12.0. The van der Waals surface area contributed by atoms with E-state index in [1.54, 1.807) is 11.3 Å². The maximum atomic E-state index is 6.14. The first-order valence-corrected chi connectivity index (χ1v) is 7.03. The van der Waals surface area contributed by atoms with Gasteiger partial charge in [-0.1, -0.05) is 35.3 Å². The highest BCUT2D eigenvalue weighted by Crippen LogP contribution is 2.33. The molecule has 0 saturated heterocycles. The van der Waals surface area contributed by atoms with Gasteiger partial charge in [0, 0.05) is 15.6 Å². The van der Waals surface area contributed by atoms with E-state index in [0.717, 1.165) is 36.4 Å². The molecule has 2 aromatic carbocycles. The summed E-state index contributed by atoms with van der Waals surface area (Å²) in [7, 11) is 0. The summed E-state index contributed by atoms with van der Waals surface area (Å²) in [5.41, 5.74) is 3.09. The van der Waals surface area contributed by atoms with Gasteiger partial charge in [-0.25, -0.2) is 4.98 Å². The lowest BCUT2D eigenvalue weighted by molar-refractivity contribution is 1.44. The molecule has 0 atom stereocenters. The van der Waals surface area contributed by atoms with Crippen molar-refractivity contribution in [2.75, 3.05) is 0 Å². The zero-order valence-corrected chi connectivity index (χ0v) is 11.9. The van der Waals surface area contributed by atoms with Crippen LogP contribution < -0.4 is 0 Å². The molecule has 0 aliphatic heterocycles. The van der Waals surface area contributed by atoms with E-state index in [9.17, 15) is 0 Å². The summed E-state index contributed by atoms with van der Waals surface area (Å²) in [6, 6.07) is 11.7. The predicted molar refractivity (Wildman–Crippen MR) is 79.8 cm³/mol. The molecular weight excluding hydrogens is 285 g/mol. The Balaban J connectivity index is 2.16. The number of thiazole rings is 1. The fraction of sp³-hybridized carbons (Fsp3) is 0.0714. The van der Waals surface area contributed by atoms with Crippen molar-refractivity contribution < 1.29 is 0 Å². The Kier molecular flexibility index (Phi) is 3.02. The van der Waals surface area contributed by atoms with Crippen LogP contribution in [0.5, 0.6) is 0 Å². The first-order valence-electron chi connectivity index (χ1n) is 5.46. The Hall–Kier alpha value is -1.09. The van der Waals surface area contributed by atoms with Crippen LogP contribution in [0.1, 0.15) is 5.56 Å². The largest absolute Gasteiger partial charge is 0.236 e. The number of hydrogen-bond donors (Lipinski definition) is 0. The molecule has 0 unspecified atom stereocenters. The third kappa shape index (κ3) is 2.12. The van der Waals surface area contributed by atoms with E-state index in [1.165, 1.54) is 0 Å². The Bertz CT molecular complexity index is 734. The van der Waals surface area contributed by atoms with Gasteiger partial charge in [0.05, 0.1) is 10.2 Å². The minimum Gasteiger partial charge on any atom is -0.236 e. The van der Waals surface area contributed by atoms with Gasteiger partial charge in [-0.15, -0.1) is 11.3 Å². The average molecular weight is 294 g/mol. The molecule has 0 spiro atoms. The summed E-state index contributed by atoms with van der Waals surface area (Å²) in [5, 5.41) is 2.47. The third-order valence-electron chi connectivity index (χ3n) is 2.77. The number of halogens is 2. The van der Waals surface area contributed by atoms with Crippen LogP contribution in [0.4, 0.5) is 0 Å². The molecule has 0 amide bonds. The molecule has 0 aliphatic rings. The monoisotopic (exact) mass is 293 g/mol. The zero-order valence-electron chi connectivity index (χ0n) is 9.58. The molecule has 0 radical (unpaired) electrons. The van der Waals surface area contributed by atoms with E-state index in [4.69, 9.17) is 23.2 Å². The Labute approximate surface area is 119 Å². The van der Waals surface area contributed by atoms with Crippen molar-refractivity contribution in [3.8, 4) is 10.6 Å². The summed E-state index contributed by atoms with van der Waals surface area (Å²) < 4.78 is 1.09. The molecule has 3 rings (SSSR count). The van der Waals surface area contributed by atoms with Crippen molar-refractivity contribution in [2.45, 2.75) is 6.92 Å². The highest BCUT2D eigenvalue weighted by Gasteiger charge is 2.07. The Morgan fingerprint density at radius 2 is 1.89 bits per heavy atom. The molecule has 4 heteroatoms. The molecule has 1 aromatic heterocycles. The first-order chi connectivity index (χ1) is 8.63. The summed E-state index contributed by atoms with van der Waals surface area (Å²) in [5.74, 6) is 0. The number of nitrogens with zero attached hydrogens (tertiary/aromatic N) is 1. The number of benzene rings is 2. The third-order valence-corrected chi connectivity index (χ3v) is 4.48. The normalized spacial score (nSPS) is 11.1. The molecule has 0 N–H and O–H groups in total. The van der Waals surface area contributed by atoms with E-state index in [0.29, 0.717) is 0 Å². The van der Waals surface area contributed by atoms with Crippen molar-refractivity contribution in [2.24, 2.45) is 0 Å². The number of hydrogen-bond acceptors (Lipinski definition) is 2. The topological polar surface area (TPSA) is 12.9 Å². The second-order valence-corrected chi connectivity index (χ2v) is 5.97. The van der Waals surface area contributed by atoms with Gasteiger partial charge in [0.1, 0.15) is 5.01 Å². The fourth-order valence-electron chi connectivity index (χ4n) is 1.75. The Morgan fingerprint density at radius 1 is 1.06 bits per heavy atom. The molecular formula is C14H9Cl2NS. The summed E-state index contributed by atoms with van der Waals surface area (Å²) >= 11 is 13.7. The van der Waals surface area contributed by atoms with Crippen molar-refractivity contribution in [1.82, 2.24) is 4.98 Å². The minimum absolute atomic E-state index is 0.736. The van der Waals surface area contributed by atoms with Crippen LogP contribution in [0.25, 0.3) is 20.8 Å². The van der Waals surface area contributed by atoms with Crippen LogP contribution in [0.15, 0.2) is 36.4 Å². The van der Waals surface area contributed by atoms with Crippen LogP contribution >= 0.6 is 34.5 Å². The standard InChI is InChI=1S/C14H9Cl2NS/c1-8-2-3-9(6-11(8)16)14-17-12-5-4-10(15)7-13(12)18-14/h2-7H,1H3. The second kappa shape index (κ2) is 4.54. The molecule has 0 aliphatic carbocycles. The van der Waals surface area contributed by atoms with E-state index < -0.39 is 0 Å². The summed E-state index contributed by atoms with van der Waals surface area (Å²) in [4.78, 5) is 4.60. The maximum absolute atomic E-state index is 6.14. The smallest absolute Gasteiger partial charge is 0.124 e. The lowest BCUT2D eigenvalue weighted by Gasteiger charge is -1.99. The number of aryl methyl sites for hydroxylation is 1. The number of fused-ring (bicyclic) bond motifs is 1. The summed E-state index contributed by atoms with van der Waals surface area (Å²) in [6.45, 7) is 1.99. The highest BCUT2D eigenvalue weighted by molar-refractivity contribution is 7.21. The van der Waals surface area contributed by atoms with E-state index in [1.807, 2.05) is 43.3 Å². The van der Waals surface area contributed by atoms with E-state index >= 15 is 0 Å². The van der Waals surface area contributed by atoms with E-state index in [2.05, 4.69) is 4.98 Å². The van der Waals surface area contributed by atoms with Crippen molar-refractivity contribution in [3.63, 3.8) is 0 Å². The molecule has 1 heterocycles. The van der Waals surface area contributed by atoms with Crippen LogP contribution in [-0.2, 0) is 0 Å². The summed E-state index contributed by atoms with van der Waals surface area (Å²) in [6.07, 6.45) is 0. The zero-order chi connectivity index (χ0) is 12.7. The van der Waals surface area contributed by atoms with Gasteiger partial charge in [-0.05, 0) is 36.8 Å². The van der Waals surface area contributed by atoms with Crippen LogP contribution in [-0.4, -0.2) is 4.98 Å². The average Bonchev–Trinajstić information content (AvgIpc) is 2.75. The SMILES string of the molecule is Cc1ccc(-c2nc3ccc(Cl)cc3s2)cc1Cl. The van der Waals surface area contributed by atoms with Gasteiger partial charge in [-0.2, -0.15) is 0 Å². The lowest BCUT2D eigenvalue weighted by atomic mass is 10.1. The number of rotatable bonds is 1.